The molecule has 0 saturated carbocycles. The lowest BCUT2D eigenvalue weighted by molar-refractivity contribution is 0.175. The van der Waals surface area contributed by atoms with Crippen molar-refractivity contribution >= 4 is 46.8 Å². The molecule has 0 spiro atoms. The van der Waals surface area contributed by atoms with Gasteiger partial charge >= 0.3 is 0 Å². The lowest BCUT2D eigenvalue weighted by Gasteiger charge is -2.29. The second kappa shape index (κ2) is 12.8. The summed E-state index contributed by atoms with van der Waals surface area (Å²) >= 11 is 0. The third-order valence-electron chi connectivity index (χ3n) is 5.30. The number of aliphatic hydroxyl groups is 1. The molecule has 0 amide bonds. The van der Waals surface area contributed by atoms with Gasteiger partial charge in [-0.2, -0.15) is 5.10 Å². The van der Waals surface area contributed by atoms with Gasteiger partial charge in [0.2, 0.25) is 0 Å². The molecule has 10 heteroatoms. The van der Waals surface area contributed by atoms with Gasteiger partial charge in [0.25, 0.3) is 0 Å². The lowest BCUT2D eigenvalue weighted by atomic mass is 9.79. The molecule has 29 heavy (non-hydrogen) atoms. The van der Waals surface area contributed by atoms with Crippen molar-refractivity contribution in [2.45, 2.75) is 40.0 Å². The Kier molecular flexibility index (Phi) is 11.2. The first-order valence-electron chi connectivity index (χ1n) is 10.1. The Morgan fingerprint density at radius 3 is 2.59 bits per heavy atom. The molecular formula is C19H35IN8O. The summed E-state index contributed by atoms with van der Waals surface area (Å²) < 4.78 is 1.73. The zero-order valence-corrected chi connectivity index (χ0v) is 20.2. The fourth-order valence-electron chi connectivity index (χ4n) is 3.20. The summed E-state index contributed by atoms with van der Waals surface area (Å²) in [6.45, 7) is 9.47. The van der Waals surface area contributed by atoms with Gasteiger partial charge in [0, 0.05) is 39.8 Å². The minimum absolute atomic E-state index is 0. The Labute approximate surface area is 190 Å². The molecule has 4 N–H and O–H groups in total. The van der Waals surface area contributed by atoms with Crippen LogP contribution >= 0.6 is 24.0 Å². The lowest BCUT2D eigenvalue weighted by Crippen LogP contribution is -2.40. The normalized spacial score (nSPS) is 12.0. The van der Waals surface area contributed by atoms with Crippen molar-refractivity contribution in [3.63, 3.8) is 0 Å². The average Bonchev–Trinajstić information content (AvgIpc) is 3.10. The van der Waals surface area contributed by atoms with Crippen LogP contribution in [0.15, 0.2) is 17.5 Å². The van der Waals surface area contributed by atoms with E-state index in [2.05, 4.69) is 51.8 Å². The van der Waals surface area contributed by atoms with Crippen molar-refractivity contribution in [1.82, 2.24) is 30.4 Å². The highest BCUT2D eigenvalue weighted by Gasteiger charge is 2.25. The molecule has 0 aliphatic carbocycles. The van der Waals surface area contributed by atoms with E-state index in [1.54, 1.807) is 17.2 Å². The number of rotatable bonds is 11. The van der Waals surface area contributed by atoms with Crippen LogP contribution in [0.3, 0.4) is 0 Å². The molecule has 2 aromatic rings. The summed E-state index contributed by atoms with van der Waals surface area (Å²) in [6, 6.07) is 0. The number of guanidine groups is 1. The van der Waals surface area contributed by atoms with Gasteiger partial charge in [0.05, 0.1) is 11.6 Å². The van der Waals surface area contributed by atoms with Crippen LogP contribution in [0, 0.1) is 5.41 Å². The quantitative estimate of drug-likeness (QED) is 0.156. The van der Waals surface area contributed by atoms with Gasteiger partial charge < -0.3 is 21.1 Å². The molecule has 164 valence electrons. The number of aryl methyl sites for hydroxylation is 1. The molecule has 2 aromatic heterocycles. The Morgan fingerprint density at radius 1 is 1.17 bits per heavy atom. The highest BCUT2D eigenvalue weighted by Crippen LogP contribution is 2.30. The molecule has 0 saturated heterocycles. The van der Waals surface area contributed by atoms with Gasteiger partial charge in [0.1, 0.15) is 12.1 Å². The Balaban J connectivity index is 0.00000420. The Hall–Kier alpha value is -1.69. The van der Waals surface area contributed by atoms with E-state index in [1.165, 1.54) is 0 Å². The maximum absolute atomic E-state index is 9.39. The van der Waals surface area contributed by atoms with Crippen molar-refractivity contribution in [3.05, 3.63) is 12.5 Å². The number of aliphatic hydroxyl groups excluding tert-OH is 1. The molecule has 0 aliphatic heterocycles. The standard InChI is InChI=1S/C19H34N8O.HI/c1-5-19(6-2,8-11-28)13-23-18(20-7-3)22-10-9-21-16-15-12-26-27(4)17(15)25-14-24-16;/h12,14,28H,5-11,13H2,1-4H3,(H2,20,22,23)(H,21,24,25);1H. The molecule has 0 atom stereocenters. The fraction of sp³-hybridized carbons (Fsp3) is 0.684. The fourth-order valence-corrected chi connectivity index (χ4v) is 3.20. The summed E-state index contributed by atoms with van der Waals surface area (Å²) in [5.74, 6) is 1.57. The van der Waals surface area contributed by atoms with E-state index in [0.717, 1.165) is 48.6 Å². The van der Waals surface area contributed by atoms with Crippen LogP contribution in [-0.2, 0) is 7.05 Å². The van der Waals surface area contributed by atoms with Crippen molar-refractivity contribution < 1.29 is 5.11 Å². The maximum Gasteiger partial charge on any atom is 0.191 e. The maximum atomic E-state index is 9.39. The van der Waals surface area contributed by atoms with Crippen LogP contribution in [0.4, 0.5) is 5.82 Å². The molecule has 0 aliphatic rings. The molecule has 0 unspecified atom stereocenters. The predicted molar refractivity (Wildman–Crippen MR) is 129 cm³/mol. The van der Waals surface area contributed by atoms with E-state index in [1.807, 2.05) is 7.05 Å². The molecule has 2 rings (SSSR count). The van der Waals surface area contributed by atoms with E-state index < -0.39 is 0 Å². The van der Waals surface area contributed by atoms with Crippen molar-refractivity contribution in [3.8, 4) is 0 Å². The Morgan fingerprint density at radius 2 is 1.93 bits per heavy atom. The number of hydrogen-bond acceptors (Lipinski definition) is 6. The third kappa shape index (κ3) is 6.95. The first-order chi connectivity index (χ1) is 13.6. The summed E-state index contributed by atoms with van der Waals surface area (Å²) in [5, 5.41) is 24.5. The van der Waals surface area contributed by atoms with Crippen LogP contribution in [0.2, 0.25) is 0 Å². The first-order valence-corrected chi connectivity index (χ1v) is 10.1. The van der Waals surface area contributed by atoms with Crippen LogP contribution in [0.1, 0.15) is 40.0 Å². The molecule has 9 nitrogen and oxygen atoms in total. The molecule has 2 heterocycles. The van der Waals surface area contributed by atoms with E-state index in [9.17, 15) is 5.11 Å². The predicted octanol–water partition coefficient (Wildman–Crippen LogP) is 2.14. The number of fused-ring (bicyclic) bond motifs is 1. The van der Waals surface area contributed by atoms with E-state index in [0.29, 0.717) is 19.6 Å². The van der Waals surface area contributed by atoms with E-state index >= 15 is 0 Å². The largest absolute Gasteiger partial charge is 0.396 e. The molecular weight excluding hydrogens is 483 g/mol. The highest BCUT2D eigenvalue weighted by molar-refractivity contribution is 14.0. The second-order valence-electron chi connectivity index (χ2n) is 6.96. The molecule has 0 fully saturated rings. The SMILES string of the molecule is CCNC(=NCC(CC)(CC)CCO)NCCNc1ncnc2c1cnn2C.I. The van der Waals surface area contributed by atoms with Crippen molar-refractivity contribution in [2.75, 3.05) is 38.1 Å². The molecule has 0 radical (unpaired) electrons. The van der Waals surface area contributed by atoms with E-state index in [4.69, 9.17) is 4.99 Å². The van der Waals surface area contributed by atoms with Crippen molar-refractivity contribution in [1.29, 1.82) is 0 Å². The zero-order chi connectivity index (χ0) is 20.4. The van der Waals surface area contributed by atoms with Gasteiger partial charge in [-0.15, -0.1) is 24.0 Å². The van der Waals surface area contributed by atoms with Gasteiger partial charge in [-0.3, -0.25) is 9.67 Å². The number of halogens is 1. The van der Waals surface area contributed by atoms with Crippen LogP contribution in [0.5, 0.6) is 0 Å². The summed E-state index contributed by atoms with van der Waals surface area (Å²) in [6.07, 6.45) is 6.10. The average molecular weight is 518 g/mol. The van der Waals surface area contributed by atoms with Gasteiger partial charge in [-0.25, -0.2) is 9.97 Å². The minimum atomic E-state index is 0. The number of hydrogen-bond donors (Lipinski definition) is 4. The summed E-state index contributed by atoms with van der Waals surface area (Å²) in [5.41, 5.74) is 0.863. The second-order valence-corrected chi connectivity index (χ2v) is 6.96. The first kappa shape index (κ1) is 25.3. The van der Waals surface area contributed by atoms with Crippen molar-refractivity contribution in [2.24, 2.45) is 17.5 Å². The van der Waals surface area contributed by atoms with Crippen LogP contribution in [-0.4, -0.2) is 63.6 Å². The summed E-state index contributed by atoms with van der Waals surface area (Å²) in [4.78, 5) is 13.3. The topological polar surface area (TPSA) is 112 Å². The summed E-state index contributed by atoms with van der Waals surface area (Å²) in [7, 11) is 1.86. The highest BCUT2D eigenvalue weighted by atomic mass is 127. The molecule has 0 bridgehead atoms. The van der Waals surface area contributed by atoms with Gasteiger partial charge in [0.15, 0.2) is 11.6 Å². The number of nitrogens with one attached hydrogen (secondary N) is 3. The van der Waals surface area contributed by atoms with Crippen LogP contribution in [0.25, 0.3) is 11.0 Å². The Bertz CT molecular complexity index is 760. The van der Waals surface area contributed by atoms with Gasteiger partial charge in [-0.1, -0.05) is 13.8 Å². The number of aromatic nitrogens is 4. The zero-order valence-electron chi connectivity index (χ0n) is 17.9. The molecule has 0 aromatic carbocycles. The number of anilines is 1. The number of aliphatic imine (C=N–C) groups is 1. The third-order valence-corrected chi connectivity index (χ3v) is 5.30. The monoisotopic (exact) mass is 518 g/mol. The smallest absolute Gasteiger partial charge is 0.191 e. The van der Waals surface area contributed by atoms with Gasteiger partial charge in [-0.05, 0) is 31.6 Å². The van der Waals surface area contributed by atoms with E-state index in [-0.39, 0.29) is 36.0 Å². The number of nitrogens with zero attached hydrogens (tertiary/aromatic N) is 5. The van der Waals surface area contributed by atoms with Crippen LogP contribution < -0.4 is 16.0 Å². The minimum Gasteiger partial charge on any atom is -0.396 e.